The fraction of sp³-hybridized carbons (Fsp3) is 0.667. The topological polar surface area (TPSA) is 80.6 Å². The Morgan fingerprint density at radius 3 is 3.15 bits per heavy atom. The fourth-order valence-electron chi connectivity index (χ4n) is 2.61. The molecule has 0 bridgehead atoms. The van der Waals surface area contributed by atoms with E-state index in [1.54, 1.807) is 15.9 Å². The van der Waals surface area contributed by atoms with Gasteiger partial charge in [0.2, 0.25) is 5.91 Å². The number of carbonyl (C=O) groups excluding carboxylic acids is 2. The molecule has 3 heterocycles. The number of aryl methyl sites for hydroxylation is 1. The Morgan fingerprint density at radius 1 is 1.45 bits per heavy atom. The number of hydrogen-bond acceptors (Lipinski definition) is 5. The predicted octanol–water partition coefficient (Wildman–Crippen LogP) is -0.279. The monoisotopic (exact) mass is 279 g/mol. The van der Waals surface area contributed by atoms with Crippen LogP contribution in [-0.4, -0.2) is 68.8 Å². The maximum atomic E-state index is 12.1. The number of cyclic esters (lactones) is 1. The largest absolute Gasteiger partial charge is 0.447 e. The zero-order valence-electron chi connectivity index (χ0n) is 11.1. The van der Waals surface area contributed by atoms with Gasteiger partial charge in [-0.15, -0.1) is 0 Å². The highest BCUT2D eigenvalue weighted by Gasteiger charge is 2.38. The molecule has 0 N–H and O–H groups in total. The molecule has 108 valence electrons. The fourth-order valence-corrected chi connectivity index (χ4v) is 2.61. The Balaban J connectivity index is 1.45. The third-order valence-electron chi connectivity index (χ3n) is 3.71. The number of piperazine rings is 1. The molecule has 2 fully saturated rings. The molecular weight excluding hydrogens is 262 g/mol. The molecule has 1 atom stereocenters. The zero-order valence-corrected chi connectivity index (χ0v) is 11.1. The van der Waals surface area contributed by atoms with Crippen molar-refractivity contribution in [1.29, 1.82) is 0 Å². The van der Waals surface area contributed by atoms with Crippen molar-refractivity contribution in [3.63, 3.8) is 0 Å². The molecule has 1 aromatic heterocycles. The van der Waals surface area contributed by atoms with Crippen molar-refractivity contribution in [2.45, 2.75) is 25.4 Å². The van der Waals surface area contributed by atoms with E-state index in [9.17, 15) is 9.59 Å². The van der Waals surface area contributed by atoms with E-state index in [0.29, 0.717) is 39.2 Å². The highest BCUT2D eigenvalue weighted by Crippen LogP contribution is 2.18. The van der Waals surface area contributed by atoms with Gasteiger partial charge < -0.3 is 9.64 Å². The average Bonchev–Trinajstić information content (AvgIpc) is 3.09. The molecule has 0 unspecified atom stereocenters. The van der Waals surface area contributed by atoms with Gasteiger partial charge in [-0.25, -0.2) is 9.78 Å². The van der Waals surface area contributed by atoms with Gasteiger partial charge in [-0.3, -0.25) is 14.4 Å². The van der Waals surface area contributed by atoms with Crippen LogP contribution in [-0.2, 0) is 16.1 Å². The quantitative estimate of drug-likeness (QED) is 0.757. The van der Waals surface area contributed by atoms with Crippen molar-refractivity contribution in [2.75, 3.05) is 26.2 Å². The molecule has 0 saturated carbocycles. The van der Waals surface area contributed by atoms with Crippen molar-refractivity contribution in [1.82, 2.24) is 24.6 Å². The molecule has 1 aromatic rings. The lowest BCUT2D eigenvalue weighted by Crippen LogP contribution is -2.53. The summed E-state index contributed by atoms with van der Waals surface area (Å²) in [6.45, 7) is 2.82. The number of nitrogens with zero attached hydrogens (tertiary/aromatic N) is 5. The first kappa shape index (κ1) is 12.9. The second-order valence-electron chi connectivity index (χ2n) is 5.03. The van der Waals surface area contributed by atoms with E-state index in [1.165, 1.54) is 6.33 Å². The van der Waals surface area contributed by atoms with Crippen molar-refractivity contribution in [2.24, 2.45) is 0 Å². The molecule has 20 heavy (non-hydrogen) atoms. The van der Waals surface area contributed by atoms with Crippen molar-refractivity contribution >= 4 is 12.0 Å². The number of ether oxygens (including phenoxy) is 1. The van der Waals surface area contributed by atoms with Crippen molar-refractivity contribution in [3.05, 3.63) is 12.7 Å². The van der Waals surface area contributed by atoms with Gasteiger partial charge in [0.05, 0.1) is 6.04 Å². The molecule has 8 heteroatoms. The summed E-state index contributed by atoms with van der Waals surface area (Å²) < 4.78 is 6.71. The second kappa shape index (κ2) is 5.48. The SMILES string of the molecule is O=C(CCCn1cncn1)N1CCN2C(=O)OC[C@@H]2C1. The number of fused-ring (bicyclic) bond motifs is 1. The number of carbonyl (C=O) groups is 2. The van der Waals surface area contributed by atoms with Crippen molar-refractivity contribution in [3.8, 4) is 0 Å². The molecule has 2 saturated heterocycles. The molecule has 2 aliphatic rings. The van der Waals surface area contributed by atoms with Gasteiger partial charge in [-0.2, -0.15) is 5.10 Å². The lowest BCUT2D eigenvalue weighted by molar-refractivity contribution is -0.133. The third-order valence-corrected chi connectivity index (χ3v) is 3.71. The van der Waals surface area contributed by atoms with Crippen LogP contribution < -0.4 is 0 Å². The van der Waals surface area contributed by atoms with Gasteiger partial charge in [-0.05, 0) is 6.42 Å². The number of hydrogen-bond donors (Lipinski definition) is 0. The molecule has 8 nitrogen and oxygen atoms in total. The van der Waals surface area contributed by atoms with Crippen LogP contribution >= 0.6 is 0 Å². The van der Waals surface area contributed by atoms with Gasteiger partial charge in [-0.1, -0.05) is 0 Å². The lowest BCUT2D eigenvalue weighted by Gasteiger charge is -2.35. The van der Waals surface area contributed by atoms with Gasteiger partial charge in [0.15, 0.2) is 0 Å². The Kier molecular flexibility index (Phi) is 3.53. The first-order valence-electron chi connectivity index (χ1n) is 6.77. The van der Waals surface area contributed by atoms with E-state index in [0.717, 1.165) is 6.42 Å². The molecule has 0 aromatic carbocycles. The van der Waals surface area contributed by atoms with Crippen LogP contribution in [0.25, 0.3) is 0 Å². The predicted molar refractivity (Wildman–Crippen MR) is 67.7 cm³/mol. The minimum Gasteiger partial charge on any atom is -0.447 e. The Labute approximate surface area is 116 Å². The molecule has 3 rings (SSSR count). The van der Waals surface area contributed by atoms with Crippen LogP contribution in [0.15, 0.2) is 12.7 Å². The molecule has 0 spiro atoms. The van der Waals surface area contributed by atoms with Gasteiger partial charge in [0, 0.05) is 32.6 Å². The van der Waals surface area contributed by atoms with Crippen molar-refractivity contribution < 1.29 is 14.3 Å². The standard InChI is InChI=1S/C12H17N5O3/c18-11(2-1-3-16-9-13-8-14-16)15-4-5-17-10(6-15)7-20-12(17)19/h8-10H,1-7H2/t10-/m0/s1. The minimum atomic E-state index is -0.256. The summed E-state index contributed by atoms with van der Waals surface area (Å²) in [5, 5.41) is 4.00. The van der Waals surface area contributed by atoms with E-state index in [2.05, 4.69) is 10.1 Å². The number of aromatic nitrogens is 3. The summed E-state index contributed by atoms with van der Waals surface area (Å²) >= 11 is 0. The van der Waals surface area contributed by atoms with Crippen LogP contribution in [0.1, 0.15) is 12.8 Å². The first-order chi connectivity index (χ1) is 9.74. The summed E-state index contributed by atoms with van der Waals surface area (Å²) in [7, 11) is 0. The second-order valence-corrected chi connectivity index (χ2v) is 5.03. The smallest absolute Gasteiger partial charge is 0.410 e. The zero-order chi connectivity index (χ0) is 13.9. The maximum absolute atomic E-state index is 12.1. The Morgan fingerprint density at radius 2 is 2.35 bits per heavy atom. The minimum absolute atomic E-state index is 0.0236. The first-order valence-corrected chi connectivity index (χ1v) is 6.77. The summed E-state index contributed by atoms with van der Waals surface area (Å²) in [6, 6.07) is 0.0236. The van der Waals surface area contributed by atoms with Crippen LogP contribution in [0.5, 0.6) is 0 Å². The lowest BCUT2D eigenvalue weighted by atomic mass is 10.1. The van der Waals surface area contributed by atoms with Gasteiger partial charge in [0.25, 0.3) is 0 Å². The Hall–Kier alpha value is -2.12. The molecule has 0 aliphatic carbocycles. The van der Waals surface area contributed by atoms with Crippen LogP contribution in [0.4, 0.5) is 4.79 Å². The molecular formula is C12H17N5O3. The van der Waals surface area contributed by atoms with E-state index >= 15 is 0 Å². The maximum Gasteiger partial charge on any atom is 0.410 e. The summed E-state index contributed by atoms with van der Waals surface area (Å²) in [6.07, 6.45) is 4.10. The summed E-state index contributed by atoms with van der Waals surface area (Å²) in [5.41, 5.74) is 0. The number of amides is 2. The number of rotatable bonds is 4. The molecule has 2 amide bonds. The summed E-state index contributed by atoms with van der Waals surface area (Å²) in [4.78, 5) is 30.9. The molecule has 2 aliphatic heterocycles. The Bertz CT molecular complexity index is 489. The van der Waals surface area contributed by atoms with E-state index in [4.69, 9.17) is 4.74 Å². The van der Waals surface area contributed by atoms with E-state index in [1.807, 2.05) is 4.90 Å². The normalized spacial score (nSPS) is 21.8. The highest BCUT2D eigenvalue weighted by atomic mass is 16.6. The average molecular weight is 279 g/mol. The summed E-state index contributed by atoms with van der Waals surface area (Å²) in [5.74, 6) is 0.129. The van der Waals surface area contributed by atoms with E-state index < -0.39 is 0 Å². The molecule has 0 radical (unpaired) electrons. The highest BCUT2D eigenvalue weighted by molar-refractivity contribution is 5.77. The van der Waals surface area contributed by atoms with Crippen LogP contribution in [0.3, 0.4) is 0 Å². The van der Waals surface area contributed by atoms with Crippen LogP contribution in [0.2, 0.25) is 0 Å². The third kappa shape index (κ3) is 2.59. The van der Waals surface area contributed by atoms with Gasteiger partial charge >= 0.3 is 6.09 Å². The van der Waals surface area contributed by atoms with Crippen LogP contribution in [0, 0.1) is 0 Å². The van der Waals surface area contributed by atoms with Gasteiger partial charge in [0.1, 0.15) is 19.3 Å². The van der Waals surface area contributed by atoms with E-state index in [-0.39, 0.29) is 18.0 Å².